The minimum Gasteiger partial charge on any atom is -0.361 e. The molecule has 0 amide bonds. The van der Waals surface area contributed by atoms with Gasteiger partial charge >= 0.3 is 0 Å². The van der Waals surface area contributed by atoms with E-state index >= 15 is 0 Å². The second kappa shape index (κ2) is 8.99. The Labute approximate surface area is 216 Å². The first kappa shape index (κ1) is 23.3. The summed E-state index contributed by atoms with van der Waals surface area (Å²) in [6.07, 6.45) is 4.48. The Morgan fingerprint density at radius 3 is 2.41 bits per heavy atom. The van der Waals surface area contributed by atoms with Crippen molar-refractivity contribution in [1.29, 1.82) is 0 Å². The van der Waals surface area contributed by atoms with Crippen LogP contribution in [0.25, 0.3) is 11.3 Å². The Balaban J connectivity index is 1.69. The van der Waals surface area contributed by atoms with Crippen LogP contribution >= 0.6 is 34.8 Å². The van der Waals surface area contributed by atoms with Gasteiger partial charge < -0.3 is 15.1 Å². The smallest absolute Gasteiger partial charge is 0.123 e. The van der Waals surface area contributed by atoms with Crippen molar-refractivity contribution in [2.75, 3.05) is 13.6 Å². The summed E-state index contributed by atoms with van der Waals surface area (Å²) in [6.45, 7) is 7.40. The zero-order valence-electron chi connectivity index (χ0n) is 19.6. The lowest BCUT2D eigenvalue weighted by Gasteiger charge is -2.46. The van der Waals surface area contributed by atoms with Gasteiger partial charge in [0.15, 0.2) is 0 Å². The molecule has 3 aliphatic rings. The molecule has 7 heteroatoms. The summed E-state index contributed by atoms with van der Waals surface area (Å²) < 4.78 is 0. The number of fused-ring (bicyclic) bond motifs is 3. The molecule has 0 bridgehead atoms. The van der Waals surface area contributed by atoms with Crippen molar-refractivity contribution < 1.29 is 0 Å². The maximum Gasteiger partial charge on any atom is 0.123 e. The van der Waals surface area contributed by atoms with Gasteiger partial charge in [-0.15, -0.1) is 0 Å². The molecule has 3 heterocycles. The summed E-state index contributed by atoms with van der Waals surface area (Å²) in [4.78, 5) is 9.73. The third-order valence-electron chi connectivity index (χ3n) is 6.68. The number of halogens is 3. The summed E-state index contributed by atoms with van der Waals surface area (Å²) in [5.41, 5.74) is 6.51. The fourth-order valence-electron chi connectivity index (χ4n) is 4.99. The Morgan fingerprint density at radius 1 is 1.03 bits per heavy atom. The SMILES string of the molecule is CC1=NC2C(=CN(C)C3NC(c4ccc(Cl)cc4Cl)=C(c4ccc(Cl)cc4)C=C23)CN1C(C)C. The van der Waals surface area contributed by atoms with Gasteiger partial charge in [0.1, 0.15) is 12.2 Å². The Bertz CT molecular complexity index is 1260. The molecule has 1 N–H and O–H groups in total. The summed E-state index contributed by atoms with van der Waals surface area (Å²) in [5, 5.41) is 5.69. The number of rotatable bonds is 3. The molecule has 0 fully saturated rings. The lowest BCUT2D eigenvalue weighted by atomic mass is 9.85. The number of aliphatic imine (C=N–C) groups is 1. The third-order valence-corrected chi connectivity index (χ3v) is 7.48. The maximum atomic E-state index is 6.67. The minimum atomic E-state index is -0.0336. The van der Waals surface area contributed by atoms with Gasteiger partial charge in [-0.05, 0) is 68.3 Å². The van der Waals surface area contributed by atoms with Crippen molar-refractivity contribution in [2.45, 2.75) is 39.0 Å². The molecule has 2 aromatic rings. The van der Waals surface area contributed by atoms with Crippen LogP contribution < -0.4 is 5.32 Å². The molecule has 0 saturated carbocycles. The van der Waals surface area contributed by atoms with Crippen LogP contribution in [0, 0.1) is 0 Å². The lowest BCUT2D eigenvalue weighted by Crippen LogP contribution is -2.53. The molecule has 176 valence electrons. The summed E-state index contributed by atoms with van der Waals surface area (Å²) in [6, 6.07) is 13.9. The third kappa shape index (κ3) is 4.13. The first-order valence-corrected chi connectivity index (χ1v) is 12.5. The molecular weight excluding hydrogens is 487 g/mol. The number of amidine groups is 1. The second-order valence-electron chi connectivity index (χ2n) is 9.28. The molecule has 0 radical (unpaired) electrons. The van der Waals surface area contributed by atoms with Crippen molar-refractivity contribution in [1.82, 2.24) is 15.1 Å². The predicted octanol–water partition coefficient (Wildman–Crippen LogP) is 6.71. The van der Waals surface area contributed by atoms with Crippen LogP contribution in [0.15, 0.2) is 70.9 Å². The van der Waals surface area contributed by atoms with E-state index in [9.17, 15) is 0 Å². The van der Waals surface area contributed by atoms with Crippen molar-refractivity contribution in [3.8, 4) is 0 Å². The number of dihydropyridines is 1. The van der Waals surface area contributed by atoms with E-state index in [1.54, 1.807) is 6.07 Å². The molecule has 0 aromatic heterocycles. The van der Waals surface area contributed by atoms with E-state index in [0.29, 0.717) is 21.1 Å². The van der Waals surface area contributed by atoms with Crippen LogP contribution in [0.5, 0.6) is 0 Å². The van der Waals surface area contributed by atoms with E-state index in [1.165, 1.54) is 11.1 Å². The zero-order valence-corrected chi connectivity index (χ0v) is 21.9. The number of nitrogens with one attached hydrogen (secondary N) is 1. The molecular formula is C27H27Cl3N4. The largest absolute Gasteiger partial charge is 0.361 e. The number of benzene rings is 2. The molecule has 34 heavy (non-hydrogen) atoms. The Morgan fingerprint density at radius 2 is 1.74 bits per heavy atom. The van der Waals surface area contributed by atoms with Crippen LogP contribution in [0.1, 0.15) is 31.9 Å². The van der Waals surface area contributed by atoms with Crippen LogP contribution in [-0.2, 0) is 0 Å². The molecule has 2 aromatic carbocycles. The van der Waals surface area contributed by atoms with Crippen molar-refractivity contribution in [3.63, 3.8) is 0 Å². The monoisotopic (exact) mass is 512 g/mol. The highest BCUT2D eigenvalue weighted by atomic mass is 35.5. The van der Waals surface area contributed by atoms with Crippen molar-refractivity contribution >= 4 is 51.9 Å². The fourth-order valence-corrected chi connectivity index (χ4v) is 5.62. The topological polar surface area (TPSA) is 30.9 Å². The van der Waals surface area contributed by atoms with E-state index in [-0.39, 0.29) is 12.2 Å². The van der Waals surface area contributed by atoms with Crippen LogP contribution in [-0.4, -0.2) is 47.5 Å². The Kier molecular flexibility index (Phi) is 6.18. The van der Waals surface area contributed by atoms with E-state index in [2.05, 4.69) is 55.2 Å². The van der Waals surface area contributed by atoms with Gasteiger partial charge in [0, 0.05) is 52.6 Å². The fraction of sp³-hybridized carbons (Fsp3) is 0.296. The molecule has 0 aliphatic carbocycles. The van der Waals surface area contributed by atoms with Gasteiger partial charge in [-0.3, -0.25) is 4.99 Å². The van der Waals surface area contributed by atoms with Gasteiger partial charge in [-0.1, -0.05) is 46.9 Å². The van der Waals surface area contributed by atoms with Gasteiger partial charge in [0.05, 0.1) is 16.6 Å². The maximum absolute atomic E-state index is 6.67. The van der Waals surface area contributed by atoms with Gasteiger partial charge in [0.25, 0.3) is 0 Å². The zero-order chi connectivity index (χ0) is 24.1. The van der Waals surface area contributed by atoms with Crippen molar-refractivity contribution in [2.24, 2.45) is 4.99 Å². The van der Waals surface area contributed by atoms with Gasteiger partial charge in [-0.25, -0.2) is 0 Å². The lowest BCUT2D eigenvalue weighted by molar-refractivity contribution is 0.290. The molecule has 0 saturated heterocycles. The average Bonchev–Trinajstić information content (AvgIpc) is 2.79. The van der Waals surface area contributed by atoms with Gasteiger partial charge in [0.2, 0.25) is 0 Å². The predicted molar refractivity (Wildman–Crippen MR) is 144 cm³/mol. The number of hydrogen-bond donors (Lipinski definition) is 1. The standard InChI is InChI=1S/C27H27Cl3N4/c1-15(2)34-14-18-13-33(4)27-23(25(18)31-16(34)3)12-22(17-5-7-19(28)8-6-17)26(32-27)21-10-9-20(29)11-24(21)30/h5-13,15,25,27,32H,14H2,1-4H3. The quantitative estimate of drug-likeness (QED) is 0.495. The number of allylic oxidation sites excluding steroid dienone is 2. The van der Waals surface area contributed by atoms with Crippen molar-refractivity contribution in [3.05, 3.63) is 92.1 Å². The minimum absolute atomic E-state index is 0.00763. The van der Waals surface area contributed by atoms with E-state index in [0.717, 1.165) is 34.8 Å². The molecule has 2 unspecified atom stereocenters. The summed E-state index contributed by atoms with van der Waals surface area (Å²) in [5.74, 6) is 1.07. The second-order valence-corrected chi connectivity index (χ2v) is 10.6. The normalized spacial score (nSPS) is 22.1. The highest BCUT2D eigenvalue weighted by Crippen LogP contribution is 2.41. The van der Waals surface area contributed by atoms with Crippen LogP contribution in [0.2, 0.25) is 15.1 Å². The van der Waals surface area contributed by atoms with Gasteiger partial charge in [-0.2, -0.15) is 0 Å². The van der Waals surface area contributed by atoms with E-state index < -0.39 is 0 Å². The average molecular weight is 514 g/mol. The molecule has 0 spiro atoms. The van der Waals surface area contributed by atoms with Crippen LogP contribution in [0.3, 0.4) is 0 Å². The van der Waals surface area contributed by atoms with E-state index in [4.69, 9.17) is 39.8 Å². The number of likely N-dealkylation sites (N-methyl/N-ethyl adjacent to an activating group) is 1. The number of hydrogen-bond acceptors (Lipinski definition) is 4. The molecule has 5 rings (SSSR count). The summed E-state index contributed by atoms with van der Waals surface area (Å²) in [7, 11) is 2.11. The first-order valence-electron chi connectivity index (χ1n) is 11.4. The number of nitrogens with zero attached hydrogens (tertiary/aromatic N) is 3. The first-order chi connectivity index (χ1) is 16.2. The molecule has 3 aliphatic heterocycles. The van der Waals surface area contributed by atoms with Crippen LogP contribution in [0.4, 0.5) is 0 Å². The highest BCUT2D eigenvalue weighted by molar-refractivity contribution is 6.36. The highest BCUT2D eigenvalue weighted by Gasteiger charge is 2.39. The van der Waals surface area contributed by atoms with E-state index in [1.807, 2.05) is 36.4 Å². The molecule has 4 nitrogen and oxygen atoms in total. The summed E-state index contributed by atoms with van der Waals surface area (Å²) >= 11 is 19.1. The molecule has 2 atom stereocenters. The Hall–Kier alpha value is -2.40.